The highest BCUT2D eigenvalue weighted by atomic mass is 32.2. The highest BCUT2D eigenvalue weighted by Gasteiger charge is 2.46. The summed E-state index contributed by atoms with van der Waals surface area (Å²) in [6.45, 7) is 5.08. The van der Waals surface area contributed by atoms with E-state index in [0.717, 1.165) is 6.26 Å². The summed E-state index contributed by atoms with van der Waals surface area (Å²) in [7, 11) is -2.52. The molecular weight excluding hydrogens is 302 g/mol. The Hall–Kier alpha value is -1.19. The number of ether oxygens (including phenoxy) is 2. The molecule has 122 valence electrons. The van der Waals surface area contributed by atoms with E-state index in [4.69, 9.17) is 8.92 Å². The molecule has 1 aliphatic heterocycles. The van der Waals surface area contributed by atoms with Crippen LogP contribution in [-0.4, -0.2) is 51.6 Å². The lowest BCUT2D eigenvalue weighted by Crippen LogP contribution is -2.45. The van der Waals surface area contributed by atoms with Gasteiger partial charge >= 0.3 is 11.9 Å². The first-order valence-corrected chi connectivity index (χ1v) is 8.19. The topological polar surface area (TPSA) is 108 Å². The summed E-state index contributed by atoms with van der Waals surface area (Å²) in [4.78, 5) is 23.8. The van der Waals surface area contributed by atoms with Gasteiger partial charge in [0.25, 0.3) is 10.1 Å². The van der Waals surface area contributed by atoms with E-state index in [-0.39, 0.29) is 6.42 Å². The minimum atomic E-state index is -3.71. The molecule has 1 N–H and O–H groups in total. The number of esters is 2. The SMILES string of the molecule is COC(=O)C1CC(OS(C)(=O)=O)NC1C(=O)OC(C)(C)C. The number of rotatable bonds is 4. The fourth-order valence-electron chi connectivity index (χ4n) is 2.01. The molecule has 9 heteroatoms. The summed E-state index contributed by atoms with van der Waals surface area (Å²) in [5, 5.41) is 2.66. The number of carbonyl (C=O) groups excluding carboxylic acids is 2. The predicted molar refractivity (Wildman–Crippen MR) is 72.6 cm³/mol. The highest BCUT2D eigenvalue weighted by molar-refractivity contribution is 7.86. The van der Waals surface area contributed by atoms with Crippen molar-refractivity contribution in [2.75, 3.05) is 13.4 Å². The second kappa shape index (κ2) is 6.29. The molecule has 1 saturated heterocycles. The molecule has 0 aromatic heterocycles. The Bertz CT molecular complexity index is 508. The Balaban J connectivity index is 2.88. The fraction of sp³-hybridized carbons (Fsp3) is 0.833. The Morgan fingerprint density at radius 2 is 1.76 bits per heavy atom. The van der Waals surface area contributed by atoms with Crippen LogP contribution in [0.25, 0.3) is 0 Å². The lowest BCUT2D eigenvalue weighted by Gasteiger charge is -2.24. The van der Waals surface area contributed by atoms with Crippen molar-refractivity contribution in [3.05, 3.63) is 0 Å². The van der Waals surface area contributed by atoms with Crippen molar-refractivity contribution in [1.82, 2.24) is 5.32 Å². The number of hydrogen-bond acceptors (Lipinski definition) is 8. The maximum absolute atomic E-state index is 12.1. The van der Waals surface area contributed by atoms with Crippen LogP contribution in [0.2, 0.25) is 0 Å². The van der Waals surface area contributed by atoms with Gasteiger partial charge in [-0.3, -0.25) is 19.1 Å². The van der Waals surface area contributed by atoms with Crippen molar-refractivity contribution in [3.8, 4) is 0 Å². The van der Waals surface area contributed by atoms with Gasteiger partial charge in [-0.1, -0.05) is 0 Å². The smallest absolute Gasteiger partial charge is 0.324 e. The lowest BCUT2D eigenvalue weighted by molar-refractivity contribution is -0.162. The number of methoxy groups -OCH3 is 1. The molecule has 0 aromatic rings. The average molecular weight is 323 g/mol. The first-order chi connectivity index (χ1) is 9.43. The summed E-state index contributed by atoms with van der Waals surface area (Å²) >= 11 is 0. The Morgan fingerprint density at radius 1 is 1.19 bits per heavy atom. The molecule has 0 aromatic carbocycles. The van der Waals surface area contributed by atoms with Gasteiger partial charge in [-0.05, 0) is 20.8 Å². The average Bonchev–Trinajstić information content (AvgIpc) is 2.67. The largest absolute Gasteiger partial charge is 0.469 e. The number of hydrogen-bond donors (Lipinski definition) is 1. The molecule has 3 atom stereocenters. The molecule has 1 aliphatic rings. The summed E-state index contributed by atoms with van der Waals surface area (Å²) in [5.74, 6) is -2.15. The second-order valence-electron chi connectivity index (χ2n) is 5.83. The molecule has 0 radical (unpaired) electrons. The third kappa shape index (κ3) is 5.60. The molecular formula is C12H21NO7S. The minimum absolute atomic E-state index is 0.00362. The third-order valence-corrected chi connectivity index (χ3v) is 3.27. The van der Waals surface area contributed by atoms with E-state index in [9.17, 15) is 18.0 Å². The summed E-state index contributed by atoms with van der Waals surface area (Å²) in [6.07, 6.45) is -0.0756. The van der Waals surface area contributed by atoms with E-state index in [1.807, 2.05) is 0 Å². The molecule has 0 saturated carbocycles. The fourth-order valence-corrected chi connectivity index (χ4v) is 2.57. The summed E-state index contributed by atoms with van der Waals surface area (Å²) in [6, 6.07) is -1.01. The number of nitrogens with one attached hydrogen (secondary N) is 1. The van der Waals surface area contributed by atoms with Crippen LogP contribution in [0.3, 0.4) is 0 Å². The van der Waals surface area contributed by atoms with Crippen LogP contribution in [0.15, 0.2) is 0 Å². The standard InChI is InChI=1S/C12H21NO7S/c1-12(2,3)19-11(15)9-7(10(14)18-4)6-8(13-9)20-21(5,16)17/h7-9,13H,6H2,1-5H3. The molecule has 1 heterocycles. The molecule has 0 spiro atoms. The van der Waals surface area contributed by atoms with Crippen molar-refractivity contribution in [1.29, 1.82) is 0 Å². The Morgan fingerprint density at radius 3 is 2.19 bits per heavy atom. The van der Waals surface area contributed by atoms with E-state index < -0.39 is 45.8 Å². The van der Waals surface area contributed by atoms with Gasteiger partial charge in [0, 0.05) is 6.42 Å². The Kier molecular flexibility index (Phi) is 5.35. The molecule has 21 heavy (non-hydrogen) atoms. The lowest BCUT2D eigenvalue weighted by atomic mass is 10.0. The zero-order chi connectivity index (χ0) is 16.4. The van der Waals surface area contributed by atoms with Crippen LogP contribution < -0.4 is 5.32 Å². The van der Waals surface area contributed by atoms with E-state index in [0.29, 0.717) is 0 Å². The van der Waals surface area contributed by atoms with E-state index >= 15 is 0 Å². The monoisotopic (exact) mass is 323 g/mol. The van der Waals surface area contributed by atoms with Crippen molar-refractivity contribution in [2.45, 2.75) is 45.1 Å². The van der Waals surface area contributed by atoms with Gasteiger partial charge in [0.2, 0.25) is 0 Å². The van der Waals surface area contributed by atoms with Gasteiger partial charge in [-0.25, -0.2) is 0 Å². The summed E-state index contributed by atoms with van der Waals surface area (Å²) in [5.41, 5.74) is -0.727. The molecule has 8 nitrogen and oxygen atoms in total. The highest BCUT2D eigenvalue weighted by Crippen LogP contribution is 2.26. The third-order valence-electron chi connectivity index (χ3n) is 2.69. The quantitative estimate of drug-likeness (QED) is 0.559. The van der Waals surface area contributed by atoms with Gasteiger partial charge in [0.1, 0.15) is 17.9 Å². The zero-order valence-corrected chi connectivity index (χ0v) is 13.5. The van der Waals surface area contributed by atoms with Crippen LogP contribution in [0, 0.1) is 5.92 Å². The van der Waals surface area contributed by atoms with Crippen molar-refractivity contribution in [3.63, 3.8) is 0 Å². The minimum Gasteiger partial charge on any atom is -0.469 e. The molecule has 3 unspecified atom stereocenters. The molecule has 0 aliphatic carbocycles. The van der Waals surface area contributed by atoms with Crippen molar-refractivity contribution >= 4 is 22.1 Å². The molecule has 1 fully saturated rings. The van der Waals surface area contributed by atoms with E-state index in [1.54, 1.807) is 20.8 Å². The first kappa shape index (κ1) is 17.9. The van der Waals surface area contributed by atoms with Gasteiger partial charge in [-0.2, -0.15) is 8.42 Å². The number of carbonyl (C=O) groups is 2. The Labute approximate surface area is 124 Å². The maximum atomic E-state index is 12.1. The molecule has 1 rings (SSSR count). The first-order valence-electron chi connectivity index (χ1n) is 6.38. The van der Waals surface area contributed by atoms with E-state index in [1.165, 1.54) is 7.11 Å². The molecule has 0 amide bonds. The maximum Gasteiger partial charge on any atom is 0.324 e. The van der Waals surface area contributed by atoms with Crippen LogP contribution in [0.5, 0.6) is 0 Å². The van der Waals surface area contributed by atoms with Crippen LogP contribution in [0.4, 0.5) is 0 Å². The molecule has 0 bridgehead atoms. The van der Waals surface area contributed by atoms with Gasteiger partial charge in [0.05, 0.1) is 19.3 Å². The summed E-state index contributed by atoms with van der Waals surface area (Å²) < 4.78 is 36.9. The normalized spacial score (nSPS) is 26.4. The van der Waals surface area contributed by atoms with Crippen molar-refractivity contribution < 1.29 is 31.7 Å². The van der Waals surface area contributed by atoms with Gasteiger partial charge in [0.15, 0.2) is 0 Å². The van der Waals surface area contributed by atoms with E-state index in [2.05, 4.69) is 10.1 Å². The van der Waals surface area contributed by atoms with Gasteiger partial charge in [-0.15, -0.1) is 0 Å². The van der Waals surface area contributed by atoms with Crippen LogP contribution in [-0.2, 0) is 33.4 Å². The second-order valence-corrected chi connectivity index (χ2v) is 7.43. The van der Waals surface area contributed by atoms with Gasteiger partial charge < -0.3 is 9.47 Å². The zero-order valence-electron chi connectivity index (χ0n) is 12.7. The van der Waals surface area contributed by atoms with Crippen LogP contribution >= 0.6 is 0 Å². The van der Waals surface area contributed by atoms with Crippen molar-refractivity contribution in [2.24, 2.45) is 5.92 Å². The van der Waals surface area contributed by atoms with Crippen LogP contribution in [0.1, 0.15) is 27.2 Å². The predicted octanol–water partition coefficient (Wildman–Crippen LogP) is -0.218.